The van der Waals surface area contributed by atoms with Crippen LogP contribution in [-0.4, -0.2) is 47.1 Å². The fourth-order valence-corrected chi connectivity index (χ4v) is 3.93. The maximum atomic E-state index is 13.1. The second-order valence-electron chi connectivity index (χ2n) is 10.3. The monoisotopic (exact) mass is 466 g/mol. The van der Waals surface area contributed by atoms with Gasteiger partial charge in [-0.3, -0.25) is 4.79 Å². The van der Waals surface area contributed by atoms with Gasteiger partial charge >= 0.3 is 6.09 Å². The number of nitrogens with zero attached hydrogens (tertiary/aromatic N) is 2. The lowest BCUT2D eigenvalue weighted by molar-refractivity contribution is -0.134. The molecular formula is C28H38N2O4. The largest absolute Gasteiger partial charge is 0.483 e. The zero-order valence-corrected chi connectivity index (χ0v) is 21.2. The fraction of sp³-hybridized carbons (Fsp3) is 0.500. The summed E-state index contributed by atoms with van der Waals surface area (Å²) in [4.78, 5) is 29.2. The van der Waals surface area contributed by atoms with Gasteiger partial charge in [-0.05, 0) is 56.7 Å². The predicted octanol–water partition coefficient (Wildman–Crippen LogP) is 5.43. The molecule has 0 unspecified atom stereocenters. The molecule has 34 heavy (non-hydrogen) atoms. The summed E-state index contributed by atoms with van der Waals surface area (Å²) in [6.07, 6.45) is 1.31. The molecule has 0 radical (unpaired) electrons. The summed E-state index contributed by atoms with van der Waals surface area (Å²) in [7, 11) is 0. The topological polar surface area (TPSA) is 59.1 Å². The van der Waals surface area contributed by atoms with Crippen molar-refractivity contribution in [2.75, 3.05) is 19.7 Å². The highest BCUT2D eigenvalue weighted by Gasteiger charge is 2.27. The Bertz CT molecular complexity index is 966. The van der Waals surface area contributed by atoms with Crippen molar-refractivity contribution in [3.63, 3.8) is 0 Å². The van der Waals surface area contributed by atoms with E-state index in [1.807, 2.05) is 74.2 Å². The lowest BCUT2D eigenvalue weighted by Crippen LogP contribution is -2.40. The van der Waals surface area contributed by atoms with Gasteiger partial charge in [-0.1, -0.05) is 56.3 Å². The summed E-state index contributed by atoms with van der Waals surface area (Å²) in [6, 6.07) is 15.9. The van der Waals surface area contributed by atoms with Crippen LogP contribution < -0.4 is 4.74 Å². The molecule has 2 aromatic carbocycles. The van der Waals surface area contributed by atoms with Crippen molar-refractivity contribution >= 4 is 12.0 Å². The first-order valence-corrected chi connectivity index (χ1v) is 12.2. The maximum Gasteiger partial charge on any atom is 0.410 e. The normalized spacial score (nSPS) is 13.4. The van der Waals surface area contributed by atoms with E-state index in [4.69, 9.17) is 9.47 Å². The number of amides is 2. The first kappa shape index (κ1) is 25.6. The molecule has 0 aliphatic carbocycles. The Balaban J connectivity index is 1.64. The molecule has 1 heterocycles. The average molecular weight is 467 g/mol. The first-order valence-electron chi connectivity index (χ1n) is 12.2. The Labute approximate surface area is 203 Å². The van der Waals surface area contributed by atoms with Gasteiger partial charge in [-0.15, -0.1) is 0 Å². The van der Waals surface area contributed by atoms with Gasteiger partial charge in [0.05, 0.1) is 0 Å². The lowest BCUT2D eigenvalue weighted by Gasteiger charge is -2.32. The van der Waals surface area contributed by atoms with E-state index in [2.05, 4.69) is 13.8 Å². The molecular weight excluding hydrogens is 428 g/mol. The Morgan fingerprint density at radius 3 is 2.47 bits per heavy atom. The zero-order valence-electron chi connectivity index (χ0n) is 21.2. The Morgan fingerprint density at radius 2 is 1.79 bits per heavy atom. The summed E-state index contributed by atoms with van der Waals surface area (Å²) in [5.74, 6) is 1.22. The van der Waals surface area contributed by atoms with Gasteiger partial charge in [0.15, 0.2) is 6.61 Å². The van der Waals surface area contributed by atoms with E-state index in [9.17, 15) is 9.59 Å². The number of carbonyl (C=O) groups is 2. The molecule has 184 valence electrons. The standard InChI is InChI=1S/C28H38N2O4/c1-21(2)14-16-29(18-22-10-7-6-8-11-22)26(31)20-33-25-13-9-12-23-19-30(17-15-24(23)25)27(32)34-28(3,4)5/h6-13,21H,14-20H2,1-5H3. The molecule has 0 saturated heterocycles. The molecule has 6 heteroatoms. The summed E-state index contributed by atoms with van der Waals surface area (Å²) in [5.41, 5.74) is 2.68. The van der Waals surface area contributed by atoms with Gasteiger partial charge in [0.2, 0.25) is 0 Å². The lowest BCUT2D eigenvalue weighted by atomic mass is 9.99. The van der Waals surface area contributed by atoms with Crippen LogP contribution in [-0.2, 0) is 29.0 Å². The van der Waals surface area contributed by atoms with Gasteiger partial charge in [0, 0.05) is 31.7 Å². The summed E-state index contributed by atoms with van der Waals surface area (Å²) < 4.78 is 11.6. The number of carbonyl (C=O) groups excluding carboxylic acids is 2. The van der Waals surface area contributed by atoms with Crippen LogP contribution in [0.4, 0.5) is 4.79 Å². The molecule has 2 amide bonds. The molecule has 0 saturated carbocycles. The molecule has 3 rings (SSSR count). The number of hydrogen-bond donors (Lipinski definition) is 0. The first-order chi connectivity index (χ1) is 16.1. The Morgan fingerprint density at radius 1 is 1.06 bits per heavy atom. The number of ether oxygens (including phenoxy) is 2. The zero-order chi connectivity index (χ0) is 24.7. The van der Waals surface area contributed by atoms with Gasteiger partial charge < -0.3 is 19.3 Å². The van der Waals surface area contributed by atoms with Crippen LogP contribution in [0.1, 0.15) is 57.7 Å². The van der Waals surface area contributed by atoms with Crippen molar-refractivity contribution in [2.45, 2.75) is 66.2 Å². The highest BCUT2D eigenvalue weighted by molar-refractivity contribution is 5.78. The highest BCUT2D eigenvalue weighted by Crippen LogP contribution is 2.29. The van der Waals surface area contributed by atoms with E-state index in [-0.39, 0.29) is 18.6 Å². The summed E-state index contributed by atoms with van der Waals surface area (Å²) in [6.45, 7) is 12.2. The van der Waals surface area contributed by atoms with Crippen LogP contribution in [0.2, 0.25) is 0 Å². The van der Waals surface area contributed by atoms with Gasteiger partial charge in [-0.2, -0.15) is 0 Å². The van der Waals surface area contributed by atoms with Gasteiger partial charge in [0.25, 0.3) is 5.91 Å². The minimum Gasteiger partial charge on any atom is -0.483 e. The van der Waals surface area contributed by atoms with Crippen molar-refractivity contribution in [3.8, 4) is 5.75 Å². The minimum absolute atomic E-state index is 0.00282. The second kappa shape index (κ2) is 11.4. The van der Waals surface area contributed by atoms with Crippen molar-refractivity contribution in [3.05, 3.63) is 65.2 Å². The van der Waals surface area contributed by atoms with E-state index in [0.717, 1.165) is 28.9 Å². The van der Waals surface area contributed by atoms with E-state index < -0.39 is 5.60 Å². The van der Waals surface area contributed by atoms with Crippen LogP contribution in [0, 0.1) is 5.92 Å². The molecule has 0 fully saturated rings. The molecule has 1 aliphatic heterocycles. The van der Waals surface area contributed by atoms with Crippen LogP contribution >= 0.6 is 0 Å². The van der Waals surface area contributed by atoms with Gasteiger partial charge in [-0.25, -0.2) is 4.79 Å². The number of rotatable bonds is 8. The number of hydrogen-bond acceptors (Lipinski definition) is 4. The molecule has 0 aromatic heterocycles. The van der Waals surface area contributed by atoms with Crippen LogP contribution in [0.3, 0.4) is 0 Å². The van der Waals surface area contributed by atoms with Crippen molar-refractivity contribution < 1.29 is 19.1 Å². The number of fused-ring (bicyclic) bond motifs is 1. The molecule has 1 aliphatic rings. The summed E-state index contributed by atoms with van der Waals surface area (Å²) >= 11 is 0. The van der Waals surface area contributed by atoms with Crippen molar-refractivity contribution in [1.82, 2.24) is 9.80 Å². The van der Waals surface area contributed by atoms with E-state index in [1.165, 1.54) is 0 Å². The smallest absolute Gasteiger partial charge is 0.410 e. The third-order valence-corrected chi connectivity index (χ3v) is 5.77. The third kappa shape index (κ3) is 7.51. The van der Waals surface area contributed by atoms with Crippen molar-refractivity contribution in [2.24, 2.45) is 5.92 Å². The second-order valence-corrected chi connectivity index (χ2v) is 10.3. The molecule has 6 nitrogen and oxygen atoms in total. The van der Waals surface area contributed by atoms with Crippen LogP contribution in [0.5, 0.6) is 5.75 Å². The quantitative estimate of drug-likeness (QED) is 0.520. The van der Waals surface area contributed by atoms with Gasteiger partial charge in [0.1, 0.15) is 11.4 Å². The molecule has 2 aromatic rings. The predicted molar refractivity (Wildman–Crippen MR) is 134 cm³/mol. The SMILES string of the molecule is CC(C)CCN(Cc1ccccc1)C(=O)COc1cccc2c1CCN(C(=O)OC(C)(C)C)C2. The van der Waals surface area contributed by atoms with Crippen molar-refractivity contribution in [1.29, 1.82) is 0 Å². The maximum absolute atomic E-state index is 13.1. The Hall–Kier alpha value is -3.02. The average Bonchev–Trinajstić information content (AvgIpc) is 2.79. The van der Waals surface area contributed by atoms with E-state index in [1.54, 1.807) is 4.90 Å². The number of benzene rings is 2. The molecule has 0 atom stereocenters. The summed E-state index contributed by atoms with van der Waals surface area (Å²) in [5, 5.41) is 0. The molecule has 0 spiro atoms. The minimum atomic E-state index is -0.524. The fourth-order valence-electron chi connectivity index (χ4n) is 3.93. The molecule has 0 N–H and O–H groups in total. The van der Waals surface area contributed by atoms with E-state index >= 15 is 0 Å². The highest BCUT2D eigenvalue weighted by atomic mass is 16.6. The van der Waals surface area contributed by atoms with Crippen LogP contribution in [0.25, 0.3) is 0 Å². The third-order valence-electron chi connectivity index (χ3n) is 5.77. The van der Waals surface area contributed by atoms with E-state index in [0.29, 0.717) is 38.5 Å². The Kier molecular flexibility index (Phi) is 8.59. The van der Waals surface area contributed by atoms with Crippen LogP contribution in [0.15, 0.2) is 48.5 Å². The molecule has 0 bridgehead atoms.